The van der Waals surface area contributed by atoms with Gasteiger partial charge in [0, 0.05) is 20.8 Å². The molecule has 0 atom stereocenters. The summed E-state index contributed by atoms with van der Waals surface area (Å²) in [5.41, 5.74) is 0. The SMILES string of the molecule is O=C(COc1cccc(I)c1)NCCSc1ccccc1. The maximum Gasteiger partial charge on any atom is 0.257 e. The van der Waals surface area contributed by atoms with Crippen molar-refractivity contribution in [3.63, 3.8) is 0 Å². The van der Waals surface area contributed by atoms with Gasteiger partial charge in [0.2, 0.25) is 0 Å². The Bertz CT molecular complexity index is 577. The first-order valence-electron chi connectivity index (χ1n) is 6.57. The molecule has 110 valence electrons. The van der Waals surface area contributed by atoms with Crippen molar-refractivity contribution in [2.45, 2.75) is 4.90 Å². The van der Waals surface area contributed by atoms with Gasteiger partial charge in [0.1, 0.15) is 5.75 Å². The standard InChI is InChI=1S/C16H16INO2S/c17-13-5-4-6-14(11-13)20-12-16(19)18-9-10-21-15-7-2-1-3-8-15/h1-8,11H,9-10,12H2,(H,18,19). The summed E-state index contributed by atoms with van der Waals surface area (Å²) in [6.45, 7) is 0.685. The van der Waals surface area contributed by atoms with E-state index in [2.05, 4.69) is 40.0 Å². The van der Waals surface area contributed by atoms with Crippen LogP contribution in [-0.2, 0) is 4.79 Å². The van der Waals surface area contributed by atoms with Crippen molar-refractivity contribution in [3.8, 4) is 5.75 Å². The van der Waals surface area contributed by atoms with Crippen LogP contribution in [0.3, 0.4) is 0 Å². The van der Waals surface area contributed by atoms with Crippen LogP contribution in [0.2, 0.25) is 0 Å². The first-order valence-corrected chi connectivity index (χ1v) is 8.63. The third-order valence-corrected chi connectivity index (χ3v) is 4.29. The average molecular weight is 413 g/mol. The van der Waals surface area contributed by atoms with Crippen molar-refractivity contribution in [2.24, 2.45) is 0 Å². The maximum absolute atomic E-state index is 11.7. The number of carbonyl (C=O) groups is 1. The summed E-state index contributed by atoms with van der Waals surface area (Å²) in [6, 6.07) is 17.8. The van der Waals surface area contributed by atoms with E-state index in [0.29, 0.717) is 6.54 Å². The second kappa shape index (κ2) is 8.94. The van der Waals surface area contributed by atoms with Crippen LogP contribution in [-0.4, -0.2) is 24.8 Å². The van der Waals surface area contributed by atoms with E-state index in [-0.39, 0.29) is 12.5 Å². The van der Waals surface area contributed by atoms with Crippen LogP contribution in [0.5, 0.6) is 5.75 Å². The number of hydrogen-bond donors (Lipinski definition) is 1. The van der Waals surface area contributed by atoms with Gasteiger partial charge in [0.05, 0.1) is 0 Å². The molecule has 21 heavy (non-hydrogen) atoms. The summed E-state index contributed by atoms with van der Waals surface area (Å²) < 4.78 is 6.53. The molecule has 0 saturated heterocycles. The Hall–Kier alpha value is -1.21. The summed E-state index contributed by atoms with van der Waals surface area (Å²) in [6.07, 6.45) is 0. The van der Waals surface area contributed by atoms with Gasteiger partial charge >= 0.3 is 0 Å². The predicted octanol–water partition coefficient (Wildman–Crippen LogP) is 3.58. The lowest BCUT2D eigenvalue weighted by Crippen LogP contribution is -2.30. The van der Waals surface area contributed by atoms with E-state index >= 15 is 0 Å². The number of hydrogen-bond acceptors (Lipinski definition) is 3. The Morgan fingerprint density at radius 1 is 1.14 bits per heavy atom. The lowest BCUT2D eigenvalue weighted by Gasteiger charge is -2.07. The lowest BCUT2D eigenvalue weighted by atomic mass is 10.3. The number of halogens is 1. The van der Waals surface area contributed by atoms with Crippen molar-refractivity contribution in [2.75, 3.05) is 18.9 Å². The van der Waals surface area contributed by atoms with Crippen molar-refractivity contribution in [1.29, 1.82) is 0 Å². The van der Waals surface area contributed by atoms with Crippen LogP contribution < -0.4 is 10.1 Å². The molecule has 3 nitrogen and oxygen atoms in total. The molecule has 0 unspecified atom stereocenters. The number of amides is 1. The first kappa shape index (κ1) is 16.2. The minimum Gasteiger partial charge on any atom is -0.484 e. The van der Waals surface area contributed by atoms with Crippen molar-refractivity contribution in [3.05, 3.63) is 58.2 Å². The predicted molar refractivity (Wildman–Crippen MR) is 94.8 cm³/mol. The molecule has 0 saturated carbocycles. The molecule has 2 aromatic carbocycles. The van der Waals surface area contributed by atoms with E-state index in [4.69, 9.17) is 4.74 Å². The zero-order valence-electron chi connectivity index (χ0n) is 11.4. The Kier molecular flexibility index (Phi) is 6.88. The quantitative estimate of drug-likeness (QED) is 0.429. The minimum absolute atomic E-state index is 0.0517. The van der Waals surface area contributed by atoms with E-state index in [1.807, 2.05) is 42.5 Å². The largest absolute Gasteiger partial charge is 0.484 e. The van der Waals surface area contributed by atoms with E-state index in [9.17, 15) is 4.79 Å². The zero-order chi connectivity index (χ0) is 14.9. The average Bonchev–Trinajstić information content (AvgIpc) is 2.51. The number of nitrogens with one attached hydrogen (secondary N) is 1. The molecular formula is C16H16INO2S. The van der Waals surface area contributed by atoms with E-state index < -0.39 is 0 Å². The van der Waals surface area contributed by atoms with Gasteiger partial charge in [0.25, 0.3) is 5.91 Å². The number of benzene rings is 2. The molecule has 0 heterocycles. The van der Waals surface area contributed by atoms with Gasteiger partial charge in [-0.1, -0.05) is 24.3 Å². The molecule has 0 aromatic heterocycles. The van der Waals surface area contributed by atoms with Gasteiger partial charge in [-0.15, -0.1) is 11.8 Å². The molecule has 1 amide bonds. The number of carbonyl (C=O) groups excluding carboxylic acids is 1. The lowest BCUT2D eigenvalue weighted by molar-refractivity contribution is -0.122. The first-order chi connectivity index (χ1) is 10.2. The molecule has 5 heteroatoms. The van der Waals surface area contributed by atoms with Gasteiger partial charge in [-0.3, -0.25) is 4.79 Å². The van der Waals surface area contributed by atoms with Crippen LogP contribution in [0.4, 0.5) is 0 Å². The monoisotopic (exact) mass is 413 g/mol. The Balaban J connectivity index is 1.62. The summed E-state index contributed by atoms with van der Waals surface area (Å²) in [5.74, 6) is 1.47. The minimum atomic E-state index is -0.0949. The molecule has 2 aromatic rings. The third kappa shape index (κ3) is 6.39. The highest BCUT2D eigenvalue weighted by molar-refractivity contribution is 14.1. The van der Waals surface area contributed by atoms with E-state index in [0.717, 1.165) is 15.1 Å². The zero-order valence-corrected chi connectivity index (χ0v) is 14.4. The highest BCUT2D eigenvalue weighted by atomic mass is 127. The van der Waals surface area contributed by atoms with Crippen LogP contribution in [0.15, 0.2) is 59.5 Å². The molecule has 2 rings (SSSR count). The Labute approximate surface area is 142 Å². The summed E-state index contributed by atoms with van der Waals surface area (Å²) in [5, 5.41) is 2.85. The fourth-order valence-corrected chi connectivity index (χ4v) is 2.94. The molecular weight excluding hydrogens is 397 g/mol. The third-order valence-electron chi connectivity index (χ3n) is 2.60. The van der Waals surface area contributed by atoms with Crippen LogP contribution in [0, 0.1) is 3.57 Å². The normalized spacial score (nSPS) is 10.1. The fourth-order valence-electron chi connectivity index (χ4n) is 1.63. The second-order valence-electron chi connectivity index (χ2n) is 4.26. The second-order valence-corrected chi connectivity index (χ2v) is 6.67. The summed E-state index contributed by atoms with van der Waals surface area (Å²) >= 11 is 3.93. The highest BCUT2D eigenvalue weighted by Crippen LogP contribution is 2.16. The molecule has 0 bridgehead atoms. The van der Waals surface area contributed by atoms with Gasteiger partial charge in [-0.25, -0.2) is 0 Å². The van der Waals surface area contributed by atoms with Crippen LogP contribution in [0.1, 0.15) is 0 Å². The van der Waals surface area contributed by atoms with Gasteiger partial charge in [-0.2, -0.15) is 0 Å². The Morgan fingerprint density at radius 3 is 2.71 bits per heavy atom. The van der Waals surface area contributed by atoms with E-state index in [1.54, 1.807) is 11.8 Å². The van der Waals surface area contributed by atoms with Gasteiger partial charge in [-0.05, 0) is 52.9 Å². The summed E-state index contributed by atoms with van der Waals surface area (Å²) in [4.78, 5) is 12.9. The van der Waals surface area contributed by atoms with Crippen LogP contribution in [0.25, 0.3) is 0 Å². The van der Waals surface area contributed by atoms with Crippen molar-refractivity contribution in [1.82, 2.24) is 5.32 Å². The molecule has 0 spiro atoms. The topological polar surface area (TPSA) is 38.3 Å². The highest BCUT2D eigenvalue weighted by Gasteiger charge is 2.02. The van der Waals surface area contributed by atoms with Crippen molar-refractivity contribution >= 4 is 40.3 Å². The van der Waals surface area contributed by atoms with Crippen LogP contribution >= 0.6 is 34.4 Å². The number of ether oxygens (including phenoxy) is 1. The molecule has 0 aliphatic heterocycles. The van der Waals surface area contributed by atoms with Gasteiger partial charge < -0.3 is 10.1 Å². The smallest absolute Gasteiger partial charge is 0.257 e. The maximum atomic E-state index is 11.7. The molecule has 0 radical (unpaired) electrons. The molecule has 1 N–H and O–H groups in total. The van der Waals surface area contributed by atoms with Crippen molar-refractivity contribution < 1.29 is 9.53 Å². The van der Waals surface area contributed by atoms with Gasteiger partial charge in [0.15, 0.2) is 6.61 Å². The molecule has 0 aliphatic carbocycles. The van der Waals surface area contributed by atoms with E-state index in [1.165, 1.54) is 4.90 Å². The molecule has 0 fully saturated rings. The summed E-state index contributed by atoms with van der Waals surface area (Å²) in [7, 11) is 0. The Morgan fingerprint density at radius 2 is 1.95 bits per heavy atom. The number of rotatable bonds is 7. The fraction of sp³-hybridized carbons (Fsp3) is 0.188. The molecule has 0 aliphatic rings. The number of thioether (sulfide) groups is 1.